The lowest BCUT2D eigenvalue weighted by molar-refractivity contribution is -0.134. The number of carbonyl (C=O) groups is 1. The molecule has 0 N–H and O–H groups in total. The molecule has 0 saturated heterocycles. The first kappa shape index (κ1) is 15.0. The molecule has 1 saturated carbocycles. The molecular weight excluding hydrogens is 284 g/mol. The Morgan fingerprint density at radius 2 is 2.22 bits per heavy atom. The average molecular weight is 310 g/mol. The van der Waals surface area contributed by atoms with E-state index in [-0.39, 0.29) is 5.97 Å². The van der Waals surface area contributed by atoms with E-state index >= 15 is 0 Å². The Balaban J connectivity index is 1.60. The molecule has 0 bridgehead atoms. The Hall–Kier alpha value is -1.57. The lowest BCUT2D eigenvalue weighted by Crippen LogP contribution is -2.39. The molecule has 0 unspecified atom stereocenters. The molecule has 0 aliphatic heterocycles. The Kier molecular flexibility index (Phi) is 3.59. The van der Waals surface area contributed by atoms with Crippen LogP contribution in [0.3, 0.4) is 0 Å². The maximum atomic E-state index is 11.5. The minimum absolute atomic E-state index is 0.149. The van der Waals surface area contributed by atoms with Gasteiger partial charge in [0.05, 0.1) is 0 Å². The van der Waals surface area contributed by atoms with Gasteiger partial charge < -0.3 is 4.74 Å². The summed E-state index contributed by atoms with van der Waals surface area (Å²) < 4.78 is 5.40. The van der Waals surface area contributed by atoms with Gasteiger partial charge in [0.15, 0.2) is 0 Å². The summed E-state index contributed by atoms with van der Waals surface area (Å²) in [5, 5.41) is 0. The van der Waals surface area contributed by atoms with E-state index in [1.165, 1.54) is 36.8 Å². The van der Waals surface area contributed by atoms with E-state index in [9.17, 15) is 4.79 Å². The van der Waals surface area contributed by atoms with E-state index in [0.29, 0.717) is 17.8 Å². The second-order valence-corrected chi connectivity index (χ2v) is 7.79. The number of hydrogen-bond acceptors (Lipinski definition) is 2. The summed E-state index contributed by atoms with van der Waals surface area (Å²) in [6.45, 7) is 4.29. The quantitative estimate of drug-likeness (QED) is 0.435. The van der Waals surface area contributed by atoms with E-state index in [1.54, 1.807) is 0 Å². The molecule has 122 valence electrons. The maximum Gasteiger partial charge on any atom is 0.310 e. The highest BCUT2D eigenvalue weighted by Gasteiger charge is 2.48. The number of rotatable bonds is 2. The van der Waals surface area contributed by atoms with Crippen LogP contribution in [0.4, 0.5) is 0 Å². The molecule has 3 aliphatic rings. The van der Waals surface area contributed by atoms with Crippen molar-refractivity contribution in [3.05, 3.63) is 41.5 Å². The van der Waals surface area contributed by atoms with E-state index in [2.05, 4.69) is 31.2 Å². The minimum atomic E-state index is -0.149. The van der Waals surface area contributed by atoms with Crippen LogP contribution in [0.1, 0.15) is 63.0 Å². The van der Waals surface area contributed by atoms with Crippen molar-refractivity contribution < 1.29 is 9.53 Å². The van der Waals surface area contributed by atoms with Crippen LogP contribution < -0.4 is 4.74 Å². The number of benzene rings is 1. The molecule has 1 aromatic carbocycles. The number of hydrogen-bond donors (Lipinski definition) is 0. The topological polar surface area (TPSA) is 26.3 Å². The van der Waals surface area contributed by atoms with Crippen molar-refractivity contribution >= 4 is 5.97 Å². The normalized spacial score (nSPS) is 34.4. The lowest BCUT2D eigenvalue weighted by atomic mass is 9.56. The zero-order valence-corrected chi connectivity index (χ0v) is 14.2. The minimum Gasteiger partial charge on any atom is -0.427 e. The fourth-order valence-corrected chi connectivity index (χ4v) is 5.31. The van der Waals surface area contributed by atoms with Crippen molar-refractivity contribution in [2.24, 2.45) is 17.3 Å². The van der Waals surface area contributed by atoms with Crippen LogP contribution in [-0.4, -0.2) is 5.97 Å². The van der Waals surface area contributed by atoms with Crippen molar-refractivity contribution in [1.82, 2.24) is 0 Å². The van der Waals surface area contributed by atoms with E-state index in [1.807, 2.05) is 13.0 Å². The van der Waals surface area contributed by atoms with Gasteiger partial charge in [-0.2, -0.15) is 0 Å². The van der Waals surface area contributed by atoms with Gasteiger partial charge in [0.25, 0.3) is 0 Å². The van der Waals surface area contributed by atoms with Gasteiger partial charge in [0.2, 0.25) is 0 Å². The molecule has 0 spiro atoms. The van der Waals surface area contributed by atoms with Crippen molar-refractivity contribution in [2.75, 3.05) is 0 Å². The molecule has 4 atom stereocenters. The molecule has 2 heteroatoms. The van der Waals surface area contributed by atoms with Gasteiger partial charge in [-0.25, -0.2) is 0 Å². The van der Waals surface area contributed by atoms with Crippen LogP contribution in [0.15, 0.2) is 30.4 Å². The predicted octanol–water partition coefficient (Wildman–Crippen LogP) is 5.02. The Morgan fingerprint density at radius 1 is 1.35 bits per heavy atom. The molecule has 0 heterocycles. The summed E-state index contributed by atoms with van der Waals surface area (Å²) in [6.07, 6.45) is 11.6. The number of aryl methyl sites for hydroxylation is 1. The second-order valence-electron chi connectivity index (χ2n) is 7.79. The molecule has 0 aromatic heterocycles. The van der Waals surface area contributed by atoms with Crippen LogP contribution in [0.2, 0.25) is 0 Å². The smallest absolute Gasteiger partial charge is 0.310 e. The Bertz CT molecular complexity index is 660. The highest BCUT2D eigenvalue weighted by molar-refractivity contribution is 5.72. The molecule has 2 nitrogen and oxygen atoms in total. The molecule has 1 aromatic rings. The highest BCUT2D eigenvalue weighted by Crippen LogP contribution is 2.58. The summed E-state index contributed by atoms with van der Waals surface area (Å²) in [4.78, 5) is 11.5. The first-order valence-corrected chi connectivity index (χ1v) is 9.12. The summed E-state index contributed by atoms with van der Waals surface area (Å²) in [5.41, 5.74) is 3.36. The van der Waals surface area contributed by atoms with Gasteiger partial charge in [0, 0.05) is 6.42 Å². The number of carbonyl (C=O) groups excluding carboxylic acids is 1. The average Bonchev–Trinajstić information content (AvgIpc) is 2.96. The third-order valence-electron chi connectivity index (χ3n) is 6.54. The monoisotopic (exact) mass is 310 g/mol. The largest absolute Gasteiger partial charge is 0.427 e. The third-order valence-corrected chi connectivity index (χ3v) is 6.54. The maximum absolute atomic E-state index is 11.5. The number of fused-ring (bicyclic) bond motifs is 5. The SMILES string of the molecule is CCC(=O)Oc1ccc2c(c1)CC[C@@H]1[C@@H]2CC[C@]2(C)C=CC[C@@H]12. The van der Waals surface area contributed by atoms with Gasteiger partial charge in [-0.15, -0.1) is 0 Å². The van der Waals surface area contributed by atoms with Crippen molar-refractivity contribution in [2.45, 2.75) is 58.3 Å². The Morgan fingerprint density at radius 3 is 3.04 bits per heavy atom. The lowest BCUT2D eigenvalue weighted by Gasteiger charge is -2.49. The third kappa shape index (κ3) is 2.43. The van der Waals surface area contributed by atoms with E-state index in [4.69, 9.17) is 4.74 Å². The van der Waals surface area contributed by atoms with Gasteiger partial charge in [-0.05, 0) is 78.5 Å². The zero-order chi connectivity index (χ0) is 16.0. The van der Waals surface area contributed by atoms with Crippen LogP contribution in [0.5, 0.6) is 5.75 Å². The van der Waals surface area contributed by atoms with Crippen molar-refractivity contribution in [3.8, 4) is 5.75 Å². The fourth-order valence-electron chi connectivity index (χ4n) is 5.31. The highest BCUT2D eigenvalue weighted by atomic mass is 16.5. The van der Waals surface area contributed by atoms with Crippen LogP contribution in [0, 0.1) is 17.3 Å². The summed E-state index contributed by atoms with van der Waals surface area (Å²) in [7, 11) is 0. The number of ether oxygens (including phenoxy) is 1. The summed E-state index contributed by atoms with van der Waals surface area (Å²) in [6, 6.07) is 6.34. The standard InChI is InChI=1S/C21H26O2/c1-3-20(22)23-15-7-9-16-14(13-15)6-8-18-17(16)10-12-21(2)11-4-5-19(18)21/h4,7,9,11,13,17-19H,3,5-6,8,10,12H2,1-2H3/t17-,18-,19+,21+/m1/s1. The molecule has 0 amide bonds. The van der Waals surface area contributed by atoms with Crippen LogP contribution >= 0.6 is 0 Å². The van der Waals surface area contributed by atoms with Gasteiger partial charge in [-0.1, -0.05) is 32.1 Å². The van der Waals surface area contributed by atoms with E-state index < -0.39 is 0 Å². The second kappa shape index (κ2) is 5.51. The van der Waals surface area contributed by atoms with Gasteiger partial charge in [0.1, 0.15) is 5.75 Å². The zero-order valence-electron chi connectivity index (χ0n) is 14.2. The molecule has 0 radical (unpaired) electrons. The van der Waals surface area contributed by atoms with E-state index in [0.717, 1.165) is 24.0 Å². The van der Waals surface area contributed by atoms with Gasteiger partial charge in [-0.3, -0.25) is 4.79 Å². The van der Waals surface area contributed by atoms with Crippen molar-refractivity contribution in [3.63, 3.8) is 0 Å². The number of esters is 1. The van der Waals surface area contributed by atoms with Crippen LogP contribution in [0.25, 0.3) is 0 Å². The molecule has 4 rings (SSSR count). The van der Waals surface area contributed by atoms with Gasteiger partial charge >= 0.3 is 5.97 Å². The first-order chi connectivity index (χ1) is 11.1. The fraction of sp³-hybridized carbons (Fsp3) is 0.571. The molecule has 3 aliphatic carbocycles. The molecular formula is C21H26O2. The first-order valence-electron chi connectivity index (χ1n) is 9.12. The number of allylic oxidation sites excluding steroid dienone is 2. The van der Waals surface area contributed by atoms with Crippen LogP contribution in [-0.2, 0) is 11.2 Å². The van der Waals surface area contributed by atoms with Crippen molar-refractivity contribution in [1.29, 1.82) is 0 Å². The summed E-state index contributed by atoms with van der Waals surface area (Å²) >= 11 is 0. The molecule has 1 fully saturated rings. The molecule has 23 heavy (non-hydrogen) atoms. The predicted molar refractivity (Wildman–Crippen MR) is 91.5 cm³/mol. The summed E-state index contributed by atoms with van der Waals surface area (Å²) in [5.74, 6) is 2.92. The Labute approximate surface area is 138 Å².